The van der Waals surface area contributed by atoms with Gasteiger partial charge in [0.05, 0.1) is 13.2 Å². The minimum atomic E-state index is -0.372. The molecule has 0 bridgehead atoms. The zero-order chi connectivity index (χ0) is 23.3. The van der Waals surface area contributed by atoms with E-state index in [0.717, 1.165) is 12.8 Å². The molecule has 6 nitrogen and oxygen atoms in total. The van der Waals surface area contributed by atoms with Gasteiger partial charge in [0, 0.05) is 0 Å². The molecule has 0 aliphatic carbocycles. The summed E-state index contributed by atoms with van der Waals surface area (Å²) in [6, 6.07) is 15.9. The van der Waals surface area contributed by atoms with E-state index in [1.54, 1.807) is 13.8 Å². The molecular weight excluding hydrogens is 408 g/mol. The van der Waals surface area contributed by atoms with Gasteiger partial charge in [-0.2, -0.15) is 0 Å². The fourth-order valence-electron chi connectivity index (χ4n) is 3.82. The quantitative estimate of drug-likeness (QED) is 0.394. The van der Waals surface area contributed by atoms with Crippen molar-refractivity contribution >= 4 is 11.9 Å². The summed E-state index contributed by atoms with van der Waals surface area (Å²) in [6.07, 6.45) is 1.98. The molecule has 0 amide bonds. The van der Waals surface area contributed by atoms with Crippen molar-refractivity contribution in [1.82, 2.24) is 0 Å². The van der Waals surface area contributed by atoms with Crippen molar-refractivity contribution in [3.8, 4) is 11.5 Å². The Morgan fingerprint density at radius 1 is 0.625 bits per heavy atom. The summed E-state index contributed by atoms with van der Waals surface area (Å²) in [5.74, 6) is 1.23. The zero-order valence-corrected chi connectivity index (χ0v) is 19.5. The van der Waals surface area contributed by atoms with Gasteiger partial charge in [0.2, 0.25) is 0 Å². The lowest BCUT2D eigenvalue weighted by Gasteiger charge is -2.26. The molecule has 0 heterocycles. The smallest absolute Gasteiger partial charge is 0.344 e. The van der Waals surface area contributed by atoms with E-state index in [4.69, 9.17) is 18.9 Å². The van der Waals surface area contributed by atoms with Crippen LogP contribution in [0.25, 0.3) is 0 Å². The average molecular weight is 443 g/mol. The lowest BCUT2D eigenvalue weighted by atomic mass is 9.78. The summed E-state index contributed by atoms with van der Waals surface area (Å²) >= 11 is 0. The Labute approximate surface area is 190 Å². The van der Waals surface area contributed by atoms with E-state index in [0.29, 0.717) is 36.5 Å². The fraction of sp³-hybridized carbons (Fsp3) is 0.462. The Balaban J connectivity index is 2.04. The number of benzene rings is 2. The van der Waals surface area contributed by atoms with Gasteiger partial charge in [-0.25, -0.2) is 9.59 Å². The average Bonchev–Trinajstić information content (AvgIpc) is 2.81. The normalized spacial score (nSPS) is 12.5. The first-order valence-corrected chi connectivity index (χ1v) is 11.3. The van der Waals surface area contributed by atoms with Gasteiger partial charge in [0.25, 0.3) is 0 Å². The minimum absolute atomic E-state index is 0.0907. The monoisotopic (exact) mass is 442 g/mol. The van der Waals surface area contributed by atoms with Gasteiger partial charge in [-0.05, 0) is 73.9 Å². The third kappa shape index (κ3) is 7.59. The van der Waals surface area contributed by atoms with Crippen LogP contribution in [0, 0.1) is 0 Å². The standard InChI is InChI=1S/C26H34O6/c1-5-23(19-9-13-21(14-10-19)31-17-25(27)29-7-3)24(6-2)20-11-15-22(16-12-20)32-18-26(28)30-8-4/h9-16,23-24H,5-8,17-18H2,1-4H3/t23-,24+. The molecule has 0 aromatic heterocycles. The summed E-state index contributed by atoms with van der Waals surface area (Å²) in [5.41, 5.74) is 2.45. The SMILES string of the molecule is CCOC(=O)COc1ccc([C@@H](CC)[C@@H](CC)c2ccc(OCC(=O)OCC)cc2)cc1. The molecule has 0 spiro atoms. The molecule has 2 atom stereocenters. The second kappa shape index (κ2) is 13.4. The van der Waals surface area contributed by atoms with E-state index < -0.39 is 0 Å². The van der Waals surface area contributed by atoms with E-state index in [-0.39, 0.29) is 25.2 Å². The van der Waals surface area contributed by atoms with Crippen LogP contribution in [0.2, 0.25) is 0 Å². The van der Waals surface area contributed by atoms with Crippen LogP contribution in [0.1, 0.15) is 63.5 Å². The molecule has 32 heavy (non-hydrogen) atoms. The minimum Gasteiger partial charge on any atom is -0.482 e. The van der Waals surface area contributed by atoms with Crippen LogP contribution < -0.4 is 9.47 Å². The highest BCUT2D eigenvalue weighted by Gasteiger charge is 2.22. The third-order valence-electron chi connectivity index (χ3n) is 5.31. The van der Waals surface area contributed by atoms with Gasteiger partial charge in [0.15, 0.2) is 13.2 Å². The molecule has 2 aromatic rings. The Kier molecular flexibility index (Phi) is 10.6. The van der Waals surface area contributed by atoms with Crippen molar-refractivity contribution in [3.63, 3.8) is 0 Å². The molecule has 0 aliphatic heterocycles. The summed E-state index contributed by atoms with van der Waals surface area (Å²) in [4.78, 5) is 22.9. The summed E-state index contributed by atoms with van der Waals surface area (Å²) in [5, 5.41) is 0. The molecule has 0 N–H and O–H groups in total. The second-order valence-corrected chi connectivity index (χ2v) is 7.35. The molecular formula is C26H34O6. The molecule has 2 aromatic carbocycles. The van der Waals surface area contributed by atoms with Gasteiger partial charge >= 0.3 is 11.9 Å². The maximum Gasteiger partial charge on any atom is 0.344 e. The second-order valence-electron chi connectivity index (χ2n) is 7.35. The topological polar surface area (TPSA) is 71.1 Å². The Morgan fingerprint density at radius 2 is 0.969 bits per heavy atom. The highest BCUT2D eigenvalue weighted by atomic mass is 16.6. The first kappa shape index (κ1) is 25.2. The molecule has 6 heteroatoms. The van der Waals surface area contributed by atoms with Gasteiger partial charge in [-0.1, -0.05) is 38.1 Å². The van der Waals surface area contributed by atoms with Gasteiger partial charge in [0.1, 0.15) is 11.5 Å². The van der Waals surface area contributed by atoms with Crippen LogP contribution in [0.4, 0.5) is 0 Å². The molecule has 2 rings (SSSR count). The summed E-state index contributed by atoms with van der Waals surface area (Å²) in [7, 11) is 0. The number of hydrogen-bond donors (Lipinski definition) is 0. The molecule has 0 unspecified atom stereocenters. The van der Waals surface area contributed by atoms with Crippen molar-refractivity contribution in [2.24, 2.45) is 0 Å². The zero-order valence-electron chi connectivity index (χ0n) is 19.5. The maximum absolute atomic E-state index is 11.5. The van der Waals surface area contributed by atoms with Crippen LogP contribution in [0.15, 0.2) is 48.5 Å². The number of carbonyl (C=O) groups is 2. The predicted molar refractivity (Wildman–Crippen MR) is 123 cm³/mol. The van der Waals surface area contributed by atoms with Crippen LogP contribution in [-0.4, -0.2) is 38.4 Å². The first-order valence-electron chi connectivity index (χ1n) is 11.3. The number of ether oxygens (including phenoxy) is 4. The van der Waals surface area contributed by atoms with Crippen molar-refractivity contribution < 1.29 is 28.5 Å². The van der Waals surface area contributed by atoms with Crippen molar-refractivity contribution in [2.45, 2.75) is 52.4 Å². The molecule has 0 radical (unpaired) electrons. The first-order chi connectivity index (χ1) is 15.5. The number of esters is 2. The van der Waals surface area contributed by atoms with E-state index in [1.807, 2.05) is 24.3 Å². The van der Waals surface area contributed by atoms with Crippen molar-refractivity contribution in [2.75, 3.05) is 26.4 Å². The van der Waals surface area contributed by atoms with E-state index in [2.05, 4.69) is 38.1 Å². The Morgan fingerprint density at radius 3 is 1.25 bits per heavy atom. The summed E-state index contributed by atoms with van der Waals surface area (Å²) in [6.45, 7) is 8.42. The molecule has 0 saturated carbocycles. The van der Waals surface area contributed by atoms with Crippen LogP contribution >= 0.6 is 0 Å². The molecule has 174 valence electrons. The predicted octanol–water partition coefficient (Wildman–Crippen LogP) is 5.26. The van der Waals surface area contributed by atoms with Gasteiger partial charge in [-0.15, -0.1) is 0 Å². The van der Waals surface area contributed by atoms with Crippen LogP contribution in [0.5, 0.6) is 11.5 Å². The highest BCUT2D eigenvalue weighted by Crippen LogP contribution is 2.38. The highest BCUT2D eigenvalue weighted by molar-refractivity contribution is 5.71. The number of hydrogen-bond acceptors (Lipinski definition) is 6. The summed E-state index contributed by atoms with van der Waals surface area (Å²) < 4.78 is 20.8. The molecule has 0 fully saturated rings. The van der Waals surface area contributed by atoms with Gasteiger partial charge < -0.3 is 18.9 Å². The maximum atomic E-state index is 11.5. The van der Waals surface area contributed by atoms with Crippen LogP contribution in [0.3, 0.4) is 0 Å². The lowest BCUT2D eigenvalue weighted by Crippen LogP contribution is -2.15. The van der Waals surface area contributed by atoms with E-state index in [9.17, 15) is 9.59 Å². The Hall–Kier alpha value is -3.02. The number of carbonyl (C=O) groups excluding carboxylic acids is 2. The molecule has 0 saturated heterocycles. The van der Waals surface area contributed by atoms with E-state index >= 15 is 0 Å². The number of rotatable bonds is 13. The van der Waals surface area contributed by atoms with Crippen molar-refractivity contribution in [1.29, 1.82) is 0 Å². The van der Waals surface area contributed by atoms with Crippen LogP contribution in [-0.2, 0) is 19.1 Å². The van der Waals surface area contributed by atoms with E-state index in [1.165, 1.54) is 11.1 Å². The largest absolute Gasteiger partial charge is 0.482 e. The van der Waals surface area contributed by atoms with Gasteiger partial charge in [-0.3, -0.25) is 0 Å². The lowest BCUT2D eigenvalue weighted by molar-refractivity contribution is -0.146. The Bertz CT molecular complexity index is 757. The molecule has 0 aliphatic rings. The fourth-order valence-corrected chi connectivity index (χ4v) is 3.82. The van der Waals surface area contributed by atoms with Crippen molar-refractivity contribution in [3.05, 3.63) is 59.7 Å². The third-order valence-corrected chi connectivity index (χ3v) is 5.31.